The maximum atomic E-state index is 13.1. The zero-order valence-corrected chi connectivity index (χ0v) is 10.3. The second-order valence-corrected chi connectivity index (χ2v) is 4.66. The van der Waals surface area contributed by atoms with E-state index in [1.165, 1.54) is 36.2 Å². The molecule has 3 N–H and O–H groups in total. The molecule has 1 aromatic carbocycles. The maximum absolute atomic E-state index is 13.1. The van der Waals surface area contributed by atoms with Gasteiger partial charge in [0.1, 0.15) is 5.82 Å². The van der Waals surface area contributed by atoms with Crippen molar-refractivity contribution in [3.05, 3.63) is 52.2 Å². The van der Waals surface area contributed by atoms with Crippen LogP contribution in [0.4, 0.5) is 4.39 Å². The Bertz CT molecular complexity index is 600. The summed E-state index contributed by atoms with van der Waals surface area (Å²) in [5, 5.41) is 0.479. The summed E-state index contributed by atoms with van der Waals surface area (Å²) in [6.07, 6.45) is 2.02. The highest BCUT2D eigenvalue weighted by molar-refractivity contribution is 7.99. The van der Waals surface area contributed by atoms with Crippen LogP contribution in [0.5, 0.6) is 0 Å². The summed E-state index contributed by atoms with van der Waals surface area (Å²) in [5.41, 5.74) is 6.09. The lowest BCUT2D eigenvalue weighted by molar-refractivity contribution is 0.623. The van der Waals surface area contributed by atoms with Crippen molar-refractivity contribution in [2.75, 3.05) is 6.54 Å². The van der Waals surface area contributed by atoms with E-state index in [2.05, 4.69) is 9.97 Å². The number of nitrogens with zero attached hydrogens (tertiary/aromatic N) is 1. The minimum Gasteiger partial charge on any atom is -0.330 e. The van der Waals surface area contributed by atoms with E-state index in [0.717, 1.165) is 10.5 Å². The molecular formula is C12H12FN3OS. The summed E-state index contributed by atoms with van der Waals surface area (Å²) in [7, 11) is 0. The Morgan fingerprint density at radius 2 is 2.22 bits per heavy atom. The summed E-state index contributed by atoms with van der Waals surface area (Å²) in [6.45, 7) is 0.440. The van der Waals surface area contributed by atoms with Gasteiger partial charge in [0.15, 0.2) is 5.16 Å². The van der Waals surface area contributed by atoms with Gasteiger partial charge in [0.05, 0.1) is 0 Å². The molecule has 2 rings (SSSR count). The first kappa shape index (κ1) is 12.8. The van der Waals surface area contributed by atoms with Gasteiger partial charge in [0.25, 0.3) is 5.56 Å². The predicted octanol–water partition coefficient (Wildman–Crippen LogP) is 1.56. The van der Waals surface area contributed by atoms with Crippen LogP contribution in [0, 0.1) is 5.82 Å². The molecule has 0 aliphatic rings. The first-order chi connectivity index (χ1) is 8.69. The number of aromatic amines is 1. The van der Waals surface area contributed by atoms with Crippen molar-refractivity contribution in [2.45, 2.75) is 16.5 Å². The van der Waals surface area contributed by atoms with Crippen molar-refractivity contribution in [3.63, 3.8) is 0 Å². The van der Waals surface area contributed by atoms with Gasteiger partial charge in [-0.2, -0.15) is 0 Å². The highest BCUT2D eigenvalue weighted by Crippen LogP contribution is 2.28. The van der Waals surface area contributed by atoms with Gasteiger partial charge in [-0.05, 0) is 36.7 Å². The van der Waals surface area contributed by atoms with Crippen LogP contribution in [-0.2, 0) is 6.42 Å². The molecule has 0 atom stereocenters. The summed E-state index contributed by atoms with van der Waals surface area (Å²) < 4.78 is 13.1. The zero-order chi connectivity index (χ0) is 13.0. The van der Waals surface area contributed by atoms with E-state index in [9.17, 15) is 9.18 Å². The summed E-state index contributed by atoms with van der Waals surface area (Å²) >= 11 is 1.29. The number of benzene rings is 1. The van der Waals surface area contributed by atoms with Crippen LogP contribution in [0.15, 0.2) is 45.3 Å². The molecule has 1 heterocycles. The van der Waals surface area contributed by atoms with E-state index in [0.29, 0.717) is 18.1 Å². The summed E-state index contributed by atoms with van der Waals surface area (Å²) in [5.74, 6) is -0.294. The topological polar surface area (TPSA) is 71.8 Å². The van der Waals surface area contributed by atoms with Crippen LogP contribution in [0.2, 0.25) is 0 Å². The molecule has 6 heteroatoms. The smallest absolute Gasteiger partial charge is 0.251 e. The average molecular weight is 265 g/mol. The third-order valence-electron chi connectivity index (χ3n) is 2.29. The van der Waals surface area contributed by atoms with E-state index < -0.39 is 0 Å². The Kier molecular flexibility index (Phi) is 4.11. The number of rotatable bonds is 4. The minimum absolute atomic E-state index is 0.213. The number of nitrogens with two attached hydrogens (primary N) is 1. The van der Waals surface area contributed by atoms with Crippen LogP contribution in [0.1, 0.15) is 5.56 Å². The van der Waals surface area contributed by atoms with Crippen molar-refractivity contribution >= 4 is 11.8 Å². The molecule has 94 valence electrons. The third-order valence-corrected chi connectivity index (χ3v) is 3.31. The van der Waals surface area contributed by atoms with Crippen LogP contribution in [0.3, 0.4) is 0 Å². The molecule has 0 aliphatic heterocycles. The monoisotopic (exact) mass is 265 g/mol. The molecule has 2 aromatic rings. The molecule has 0 aliphatic carbocycles. The molecule has 0 bridgehead atoms. The Balaban J connectivity index is 2.30. The van der Waals surface area contributed by atoms with Gasteiger partial charge in [-0.15, -0.1) is 0 Å². The fraction of sp³-hybridized carbons (Fsp3) is 0.167. The van der Waals surface area contributed by atoms with Crippen LogP contribution < -0.4 is 11.3 Å². The van der Waals surface area contributed by atoms with Gasteiger partial charge in [0, 0.05) is 17.2 Å². The molecule has 0 unspecified atom stereocenters. The molecule has 0 saturated heterocycles. The van der Waals surface area contributed by atoms with Gasteiger partial charge in [-0.3, -0.25) is 4.79 Å². The standard InChI is InChI=1S/C12H12FN3OS/c13-9-1-2-10(8(7-9)3-5-14)18-12-15-6-4-11(17)16-12/h1-2,4,6-7H,3,5,14H2,(H,15,16,17). The van der Waals surface area contributed by atoms with Crippen molar-refractivity contribution in [1.82, 2.24) is 9.97 Å². The van der Waals surface area contributed by atoms with Crippen molar-refractivity contribution in [3.8, 4) is 0 Å². The lowest BCUT2D eigenvalue weighted by Gasteiger charge is -2.07. The minimum atomic E-state index is -0.294. The Hall–Kier alpha value is -1.66. The fourth-order valence-electron chi connectivity index (χ4n) is 1.51. The Morgan fingerprint density at radius 3 is 2.94 bits per heavy atom. The molecular weight excluding hydrogens is 253 g/mol. The lowest BCUT2D eigenvalue weighted by atomic mass is 10.1. The number of hydrogen-bond donors (Lipinski definition) is 2. The number of H-pyrrole nitrogens is 1. The van der Waals surface area contributed by atoms with Gasteiger partial charge in [0.2, 0.25) is 0 Å². The average Bonchev–Trinajstić information content (AvgIpc) is 2.33. The number of aromatic nitrogens is 2. The third kappa shape index (κ3) is 3.18. The predicted molar refractivity (Wildman–Crippen MR) is 68.1 cm³/mol. The number of hydrogen-bond acceptors (Lipinski definition) is 4. The van der Waals surface area contributed by atoms with E-state index in [1.807, 2.05) is 0 Å². The summed E-state index contributed by atoms with van der Waals surface area (Å²) in [4.78, 5) is 18.7. The molecule has 4 nitrogen and oxygen atoms in total. The van der Waals surface area contributed by atoms with E-state index >= 15 is 0 Å². The first-order valence-corrected chi connectivity index (χ1v) is 6.22. The Labute approximate surface area is 107 Å². The molecule has 0 fully saturated rings. The van der Waals surface area contributed by atoms with E-state index in [4.69, 9.17) is 5.73 Å². The maximum Gasteiger partial charge on any atom is 0.251 e. The normalized spacial score (nSPS) is 10.6. The van der Waals surface area contributed by atoms with E-state index in [-0.39, 0.29) is 11.4 Å². The molecule has 0 radical (unpaired) electrons. The molecule has 0 spiro atoms. The first-order valence-electron chi connectivity index (χ1n) is 5.41. The van der Waals surface area contributed by atoms with Crippen LogP contribution in [-0.4, -0.2) is 16.5 Å². The second-order valence-electron chi connectivity index (χ2n) is 3.63. The zero-order valence-electron chi connectivity index (χ0n) is 9.52. The molecule has 18 heavy (non-hydrogen) atoms. The van der Waals surface area contributed by atoms with E-state index in [1.54, 1.807) is 6.07 Å². The van der Waals surface area contributed by atoms with Gasteiger partial charge in [-0.25, -0.2) is 9.37 Å². The highest BCUT2D eigenvalue weighted by atomic mass is 32.2. The highest BCUT2D eigenvalue weighted by Gasteiger charge is 2.07. The fourth-order valence-corrected chi connectivity index (χ4v) is 2.41. The van der Waals surface area contributed by atoms with Crippen LogP contribution >= 0.6 is 11.8 Å². The Morgan fingerprint density at radius 1 is 1.39 bits per heavy atom. The van der Waals surface area contributed by atoms with Gasteiger partial charge in [-0.1, -0.05) is 11.8 Å². The lowest BCUT2D eigenvalue weighted by Crippen LogP contribution is -2.06. The second kappa shape index (κ2) is 5.79. The van der Waals surface area contributed by atoms with Crippen molar-refractivity contribution in [1.29, 1.82) is 0 Å². The van der Waals surface area contributed by atoms with Crippen molar-refractivity contribution < 1.29 is 4.39 Å². The SMILES string of the molecule is NCCc1cc(F)ccc1Sc1nccc(=O)[nH]1. The van der Waals surface area contributed by atoms with Crippen LogP contribution in [0.25, 0.3) is 0 Å². The molecule has 0 amide bonds. The molecule has 1 aromatic heterocycles. The molecule has 0 saturated carbocycles. The van der Waals surface area contributed by atoms with Gasteiger partial charge < -0.3 is 10.7 Å². The number of halogens is 1. The number of nitrogens with one attached hydrogen (secondary N) is 1. The van der Waals surface area contributed by atoms with Gasteiger partial charge >= 0.3 is 0 Å². The largest absolute Gasteiger partial charge is 0.330 e. The summed E-state index contributed by atoms with van der Waals surface area (Å²) in [6, 6.07) is 5.84. The quantitative estimate of drug-likeness (QED) is 0.823. The van der Waals surface area contributed by atoms with Crippen molar-refractivity contribution in [2.24, 2.45) is 5.73 Å².